The fourth-order valence-electron chi connectivity index (χ4n) is 4.16. The number of carbonyl (C=O) groups is 3. The molecule has 2 heterocycles. The molecule has 1 atom stereocenters. The third kappa shape index (κ3) is 6.25. The standard InChI is InChI=1S/C25H24ClN5O3.CH2O2/c26-21-7-5-16(12-27)10-19(21)17-6-8-22-20(11-17)23(29-24(32)18-2-1-9-28-13-18)30-31(22)25(33)34-14-15-3-4-15;2-1-3/h5-8,10-11,15,18,28H,1-4,9,13-14H2,(H,29,30,32);1H,(H,2,3)/t18-;/m1./s1. The van der Waals surface area contributed by atoms with Crippen LogP contribution in [0.5, 0.6) is 0 Å². The van der Waals surface area contributed by atoms with Crippen LogP contribution >= 0.6 is 11.6 Å². The first-order chi connectivity index (χ1) is 17.9. The highest BCUT2D eigenvalue weighted by atomic mass is 35.5. The molecule has 2 aromatic carbocycles. The van der Waals surface area contributed by atoms with Crippen LogP contribution in [0, 0.1) is 23.2 Å². The summed E-state index contributed by atoms with van der Waals surface area (Å²) in [5, 5.41) is 27.8. The van der Waals surface area contributed by atoms with Gasteiger partial charge in [-0.3, -0.25) is 9.59 Å². The number of carboxylic acid groups (broad SMARTS) is 1. The van der Waals surface area contributed by atoms with E-state index in [2.05, 4.69) is 21.8 Å². The van der Waals surface area contributed by atoms with Crippen LogP contribution in [0.25, 0.3) is 22.0 Å². The molecule has 1 amide bonds. The van der Waals surface area contributed by atoms with E-state index >= 15 is 0 Å². The lowest BCUT2D eigenvalue weighted by atomic mass is 9.98. The predicted molar refractivity (Wildman–Crippen MR) is 137 cm³/mol. The number of halogens is 1. The van der Waals surface area contributed by atoms with Gasteiger partial charge in [0.05, 0.1) is 29.7 Å². The SMILES string of the molecule is N#Cc1ccc(Cl)c(-c2ccc3c(c2)c(NC(=O)[C@@H]2CCCNC2)nn3C(=O)OCC2CC2)c1.O=CO. The van der Waals surface area contributed by atoms with Crippen LogP contribution in [0.4, 0.5) is 10.6 Å². The summed E-state index contributed by atoms with van der Waals surface area (Å²) in [5.41, 5.74) is 2.43. The predicted octanol–water partition coefficient (Wildman–Crippen LogP) is 4.26. The highest BCUT2D eigenvalue weighted by Gasteiger charge is 2.27. The van der Waals surface area contributed by atoms with Crippen molar-refractivity contribution in [2.24, 2.45) is 11.8 Å². The topological polar surface area (TPSA) is 146 Å². The minimum absolute atomic E-state index is 0.139. The average molecular weight is 524 g/mol. The summed E-state index contributed by atoms with van der Waals surface area (Å²) in [6.45, 7) is 1.63. The van der Waals surface area contributed by atoms with Crippen LogP contribution in [0.1, 0.15) is 31.2 Å². The van der Waals surface area contributed by atoms with Crippen molar-refractivity contribution in [1.29, 1.82) is 5.26 Å². The second kappa shape index (κ2) is 11.9. The zero-order valence-corrected chi connectivity index (χ0v) is 20.7. The molecule has 1 aromatic heterocycles. The Morgan fingerprint density at radius 1 is 1.27 bits per heavy atom. The average Bonchev–Trinajstić information content (AvgIpc) is 3.69. The van der Waals surface area contributed by atoms with Gasteiger partial charge in [0.1, 0.15) is 0 Å². The number of ether oxygens (including phenoxy) is 1. The molecule has 10 nitrogen and oxygen atoms in total. The zero-order chi connectivity index (χ0) is 26.4. The van der Waals surface area contributed by atoms with Gasteiger partial charge in [0, 0.05) is 22.5 Å². The molecule has 0 spiro atoms. The molecule has 192 valence electrons. The molecule has 5 rings (SSSR count). The van der Waals surface area contributed by atoms with Gasteiger partial charge in [-0.25, -0.2) is 4.79 Å². The van der Waals surface area contributed by atoms with E-state index in [1.807, 2.05) is 12.1 Å². The minimum atomic E-state index is -0.575. The lowest BCUT2D eigenvalue weighted by Crippen LogP contribution is -2.37. The van der Waals surface area contributed by atoms with E-state index in [1.54, 1.807) is 24.3 Å². The number of nitrogens with zero attached hydrogens (tertiary/aromatic N) is 3. The number of piperidine rings is 1. The van der Waals surface area contributed by atoms with Gasteiger partial charge in [-0.05, 0) is 74.0 Å². The molecule has 1 saturated carbocycles. The number of hydrogen-bond acceptors (Lipinski definition) is 7. The molecular weight excluding hydrogens is 498 g/mol. The zero-order valence-electron chi connectivity index (χ0n) is 19.9. The lowest BCUT2D eigenvalue weighted by Gasteiger charge is -2.21. The van der Waals surface area contributed by atoms with Gasteiger partial charge >= 0.3 is 6.09 Å². The van der Waals surface area contributed by atoms with Crippen molar-refractivity contribution in [2.45, 2.75) is 25.7 Å². The van der Waals surface area contributed by atoms with E-state index in [4.69, 9.17) is 26.2 Å². The number of nitrogens with one attached hydrogen (secondary N) is 2. The molecule has 1 saturated heterocycles. The van der Waals surface area contributed by atoms with Crippen molar-refractivity contribution in [3.63, 3.8) is 0 Å². The number of aromatic nitrogens is 2. The second-order valence-electron chi connectivity index (χ2n) is 8.96. The lowest BCUT2D eigenvalue weighted by molar-refractivity contribution is -0.123. The molecule has 11 heteroatoms. The van der Waals surface area contributed by atoms with E-state index in [1.165, 1.54) is 4.68 Å². The molecule has 1 aliphatic heterocycles. The monoisotopic (exact) mass is 523 g/mol. The minimum Gasteiger partial charge on any atom is -0.483 e. The summed E-state index contributed by atoms with van der Waals surface area (Å²) in [7, 11) is 0. The van der Waals surface area contributed by atoms with Crippen LogP contribution in [-0.4, -0.2) is 53.1 Å². The first-order valence-electron chi connectivity index (χ1n) is 11.9. The fourth-order valence-corrected chi connectivity index (χ4v) is 4.39. The summed E-state index contributed by atoms with van der Waals surface area (Å²) < 4.78 is 6.64. The van der Waals surface area contributed by atoms with E-state index < -0.39 is 6.09 Å². The van der Waals surface area contributed by atoms with Crippen LogP contribution in [0.15, 0.2) is 36.4 Å². The Balaban J connectivity index is 0.00000102. The number of nitriles is 1. The fraction of sp³-hybridized carbons (Fsp3) is 0.346. The summed E-state index contributed by atoms with van der Waals surface area (Å²) in [4.78, 5) is 34.1. The Labute approximate surface area is 218 Å². The number of anilines is 1. The number of carbonyl (C=O) groups excluding carboxylic acids is 2. The maximum Gasteiger partial charge on any atom is 0.435 e. The summed E-state index contributed by atoms with van der Waals surface area (Å²) in [6.07, 6.45) is 3.28. The number of benzene rings is 2. The largest absolute Gasteiger partial charge is 0.483 e. The van der Waals surface area contributed by atoms with E-state index in [0.29, 0.717) is 51.9 Å². The third-order valence-corrected chi connectivity index (χ3v) is 6.64. The van der Waals surface area contributed by atoms with Gasteiger partial charge in [-0.2, -0.15) is 9.94 Å². The van der Waals surface area contributed by atoms with Gasteiger partial charge in [-0.15, -0.1) is 5.10 Å². The van der Waals surface area contributed by atoms with E-state index in [-0.39, 0.29) is 18.3 Å². The van der Waals surface area contributed by atoms with Crippen LogP contribution in [0.2, 0.25) is 5.02 Å². The Morgan fingerprint density at radius 2 is 2.05 bits per heavy atom. The van der Waals surface area contributed by atoms with Gasteiger partial charge in [0.25, 0.3) is 6.47 Å². The normalized spacial score (nSPS) is 16.7. The highest BCUT2D eigenvalue weighted by Crippen LogP contribution is 2.34. The molecule has 1 aliphatic carbocycles. The molecule has 3 aromatic rings. The van der Waals surface area contributed by atoms with Crippen molar-refractivity contribution in [3.05, 3.63) is 47.0 Å². The first-order valence-corrected chi connectivity index (χ1v) is 12.3. The molecule has 37 heavy (non-hydrogen) atoms. The molecule has 0 radical (unpaired) electrons. The maximum absolute atomic E-state index is 12.9. The Kier molecular flexibility index (Phi) is 8.38. The van der Waals surface area contributed by atoms with Crippen molar-refractivity contribution in [1.82, 2.24) is 15.1 Å². The maximum atomic E-state index is 12.9. The van der Waals surface area contributed by atoms with E-state index in [0.717, 1.165) is 37.8 Å². The van der Waals surface area contributed by atoms with Crippen molar-refractivity contribution in [2.75, 3.05) is 25.0 Å². The Bertz CT molecular complexity index is 1360. The third-order valence-electron chi connectivity index (χ3n) is 6.31. The summed E-state index contributed by atoms with van der Waals surface area (Å²) in [6, 6.07) is 12.6. The van der Waals surface area contributed by atoms with Crippen LogP contribution < -0.4 is 10.6 Å². The van der Waals surface area contributed by atoms with Crippen LogP contribution in [0.3, 0.4) is 0 Å². The number of amides is 1. The molecule has 0 bridgehead atoms. The molecule has 2 aliphatic rings. The first kappa shape index (κ1) is 26.1. The second-order valence-corrected chi connectivity index (χ2v) is 9.36. The van der Waals surface area contributed by atoms with Gasteiger partial charge in [0.15, 0.2) is 5.82 Å². The smallest absolute Gasteiger partial charge is 0.435 e. The van der Waals surface area contributed by atoms with Crippen LogP contribution in [-0.2, 0) is 14.3 Å². The number of fused-ring (bicyclic) bond motifs is 1. The summed E-state index contributed by atoms with van der Waals surface area (Å²) in [5.74, 6) is 0.411. The Hall–Kier alpha value is -3.94. The van der Waals surface area contributed by atoms with Crippen molar-refractivity contribution < 1.29 is 24.2 Å². The van der Waals surface area contributed by atoms with E-state index in [9.17, 15) is 14.9 Å². The molecule has 3 N–H and O–H groups in total. The quantitative estimate of drug-likeness (QED) is 0.420. The van der Waals surface area contributed by atoms with Crippen molar-refractivity contribution >= 4 is 46.8 Å². The summed E-state index contributed by atoms with van der Waals surface area (Å²) >= 11 is 6.42. The highest BCUT2D eigenvalue weighted by molar-refractivity contribution is 6.33. The molecule has 2 fully saturated rings. The van der Waals surface area contributed by atoms with Gasteiger partial charge in [0.2, 0.25) is 5.91 Å². The van der Waals surface area contributed by atoms with Gasteiger partial charge < -0.3 is 20.5 Å². The molecule has 0 unspecified atom stereocenters. The van der Waals surface area contributed by atoms with Crippen molar-refractivity contribution in [3.8, 4) is 17.2 Å². The Morgan fingerprint density at radius 3 is 2.73 bits per heavy atom. The number of hydrogen-bond donors (Lipinski definition) is 3. The van der Waals surface area contributed by atoms with Gasteiger partial charge in [-0.1, -0.05) is 17.7 Å². The molecular formula is C26H26ClN5O5. The number of rotatable bonds is 5.